The second-order valence-corrected chi connectivity index (χ2v) is 4.23. The molecule has 0 radical (unpaired) electrons. The average Bonchev–Trinajstić information content (AvgIpc) is 2.01. The predicted molar refractivity (Wildman–Crippen MR) is 51.2 cm³/mol. The number of nitrogens with two attached hydrogens (primary N) is 1. The molecule has 3 heteroatoms. The summed E-state index contributed by atoms with van der Waals surface area (Å²) >= 11 is 0. The van der Waals surface area contributed by atoms with Gasteiger partial charge in [-0.3, -0.25) is 0 Å². The van der Waals surface area contributed by atoms with Gasteiger partial charge in [-0.25, -0.2) is 8.78 Å². The van der Waals surface area contributed by atoms with E-state index in [-0.39, 0.29) is 12.8 Å². The number of alkyl halides is 2. The Morgan fingerprint density at radius 2 is 1.71 bits per heavy atom. The monoisotopic (exact) mass is 197 g/mol. The van der Waals surface area contributed by atoms with Gasteiger partial charge in [0.05, 0.1) is 0 Å². The summed E-state index contributed by atoms with van der Waals surface area (Å²) in [6.07, 6.45) is 0.174. The third-order valence-electron chi connectivity index (χ3n) is 2.62. The van der Waals surface area contributed by atoms with Crippen LogP contribution in [0.4, 0.5) is 8.78 Å². The molecule has 0 unspecified atom stereocenters. The topological polar surface area (TPSA) is 26.0 Å². The fraction of sp³-hybridized carbons (Fsp3) is 0.455. The van der Waals surface area contributed by atoms with Crippen molar-refractivity contribution in [3.63, 3.8) is 0 Å². The number of rotatable bonds is 2. The minimum atomic E-state index is -2.54. The Bertz CT molecular complexity index is 313. The van der Waals surface area contributed by atoms with Crippen LogP contribution in [-0.2, 0) is 6.42 Å². The van der Waals surface area contributed by atoms with Gasteiger partial charge < -0.3 is 5.73 Å². The van der Waals surface area contributed by atoms with Crippen molar-refractivity contribution >= 4 is 0 Å². The lowest BCUT2D eigenvalue weighted by Gasteiger charge is -2.44. The second-order valence-electron chi connectivity index (χ2n) is 4.23. The highest BCUT2D eigenvalue weighted by Gasteiger charge is 2.53. The molecule has 0 heterocycles. The van der Waals surface area contributed by atoms with Gasteiger partial charge in [0.1, 0.15) is 0 Å². The Morgan fingerprint density at radius 1 is 1.14 bits per heavy atom. The van der Waals surface area contributed by atoms with Gasteiger partial charge in [0.25, 0.3) is 5.92 Å². The van der Waals surface area contributed by atoms with Crippen LogP contribution in [0.5, 0.6) is 0 Å². The summed E-state index contributed by atoms with van der Waals surface area (Å²) in [4.78, 5) is 0. The molecule has 2 rings (SSSR count). The normalized spacial score (nSPS) is 22.8. The van der Waals surface area contributed by atoms with E-state index >= 15 is 0 Å². The first-order valence-electron chi connectivity index (χ1n) is 4.70. The van der Waals surface area contributed by atoms with E-state index in [1.807, 2.05) is 30.3 Å². The first-order chi connectivity index (χ1) is 6.49. The quantitative estimate of drug-likeness (QED) is 0.773. The fourth-order valence-electron chi connectivity index (χ4n) is 2.11. The van der Waals surface area contributed by atoms with Crippen LogP contribution in [0.3, 0.4) is 0 Å². The van der Waals surface area contributed by atoms with E-state index in [2.05, 4.69) is 0 Å². The summed E-state index contributed by atoms with van der Waals surface area (Å²) in [5.74, 6) is -2.54. The molecule has 1 fully saturated rings. The molecule has 1 aromatic carbocycles. The highest BCUT2D eigenvalue weighted by molar-refractivity contribution is 5.20. The SMILES string of the molecule is NC1(Cc2ccccc2)CC(F)(F)C1. The molecule has 0 spiro atoms. The van der Waals surface area contributed by atoms with Crippen LogP contribution in [0.15, 0.2) is 30.3 Å². The molecule has 1 aliphatic rings. The summed E-state index contributed by atoms with van der Waals surface area (Å²) in [5.41, 5.74) is 6.17. The Kier molecular flexibility index (Phi) is 2.07. The van der Waals surface area contributed by atoms with Crippen molar-refractivity contribution in [3.05, 3.63) is 35.9 Å². The molecule has 0 amide bonds. The van der Waals surface area contributed by atoms with Gasteiger partial charge in [-0.2, -0.15) is 0 Å². The molecule has 1 aliphatic carbocycles. The summed E-state index contributed by atoms with van der Waals surface area (Å²) in [7, 11) is 0. The van der Waals surface area contributed by atoms with Crippen molar-refractivity contribution < 1.29 is 8.78 Å². The van der Waals surface area contributed by atoms with Crippen LogP contribution in [0.25, 0.3) is 0 Å². The lowest BCUT2D eigenvalue weighted by Crippen LogP contribution is -2.59. The third kappa shape index (κ3) is 1.93. The van der Waals surface area contributed by atoms with Crippen LogP contribution in [0.1, 0.15) is 18.4 Å². The van der Waals surface area contributed by atoms with E-state index in [1.165, 1.54) is 0 Å². The highest BCUT2D eigenvalue weighted by atomic mass is 19.3. The first-order valence-corrected chi connectivity index (χ1v) is 4.70. The molecule has 2 N–H and O–H groups in total. The summed E-state index contributed by atoms with van der Waals surface area (Å²) in [5, 5.41) is 0. The Hall–Kier alpha value is -0.960. The third-order valence-corrected chi connectivity index (χ3v) is 2.62. The molecule has 0 bridgehead atoms. The standard InChI is InChI=1S/C11H13F2N/c12-11(13)7-10(14,8-11)6-9-4-2-1-3-5-9/h1-5H,6-8,14H2. The van der Waals surface area contributed by atoms with Crippen molar-refractivity contribution in [2.45, 2.75) is 30.7 Å². The smallest absolute Gasteiger partial charge is 0.251 e. The van der Waals surface area contributed by atoms with Gasteiger partial charge in [0.15, 0.2) is 0 Å². The van der Waals surface area contributed by atoms with Gasteiger partial charge in [-0.15, -0.1) is 0 Å². The lowest BCUT2D eigenvalue weighted by molar-refractivity contribution is -0.121. The van der Waals surface area contributed by atoms with Gasteiger partial charge in [-0.1, -0.05) is 30.3 Å². The molecule has 1 nitrogen and oxygen atoms in total. The van der Waals surface area contributed by atoms with Gasteiger partial charge in [-0.05, 0) is 12.0 Å². The Balaban J connectivity index is 2.00. The molecule has 0 aliphatic heterocycles. The molecule has 0 atom stereocenters. The lowest BCUT2D eigenvalue weighted by atomic mass is 9.71. The minimum absolute atomic E-state index is 0.186. The van der Waals surface area contributed by atoms with E-state index in [9.17, 15) is 8.78 Å². The highest BCUT2D eigenvalue weighted by Crippen LogP contribution is 2.45. The van der Waals surface area contributed by atoms with Crippen LogP contribution in [0, 0.1) is 0 Å². The molecular weight excluding hydrogens is 184 g/mol. The largest absolute Gasteiger partial charge is 0.324 e. The maximum atomic E-state index is 12.7. The number of hydrogen-bond donors (Lipinski definition) is 1. The van der Waals surface area contributed by atoms with Crippen molar-refractivity contribution in [1.82, 2.24) is 0 Å². The maximum absolute atomic E-state index is 12.7. The van der Waals surface area contributed by atoms with Crippen LogP contribution >= 0.6 is 0 Å². The molecule has 76 valence electrons. The minimum Gasteiger partial charge on any atom is -0.324 e. The molecule has 0 saturated heterocycles. The second kappa shape index (κ2) is 3.02. The van der Waals surface area contributed by atoms with Crippen LogP contribution in [-0.4, -0.2) is 11.5 Å². The fourth-order valence-corrected chi connectivity index (χ4v) is 2.11. The van der Waals surface area contributed by atoms with Gasteiger partial charge >= 0.3 is 0 Å². The maximum Gasteiger partial charge on any atom is 0.251 e. The molecule has 14 heavy (non-hydrogen) atoms. The van der Waals surface area contributed by atoms with Crippen LogP contribution in [0.2, 0.25) is 0 Å². The first kappa shape index (κ1) is 9.59. The van der Waals surface area contributed by atoms with E-state index in [0.717, 1.165) is 5.56 Å². The van der Waals surface area contributed by atoms with E-state index < -0.39 is 11.5 Å². The van der Waals surface area contributed by atoms with Crippen molar-refractivity contribution in [2.75, 3.05) is 0 Å². The van der Waals surface area contributed by atoms with E-state index in [0.29, 0.717) is 6.42 Å². The molecular formula is C11H13F2N. The average molecular weight is 197 g/mol. The van der Waals surface area contributed by atoms with Gasteiger partial charge in [0, 0.05) is 18.4 Å². The van der Waals surface area contributed by atoms with Crippen molar-refractivity contribution in [2.24, 2.45) is 5.73 Å². The summed E-state index contributed by atoms with van der Waals surface area (Å²) < 4.78 is 25.3. The van der Waals surface area contributed by atoms with Crippen LogP contribution < -0.4 is 5.73 Å². The van der Waals surface area contributed by atoms with Gasteiger partial charge in [0.2, 0.25) is 0 Å². The van der Waals surface area contributed by atoms with Crippen molar-refractivity contribution in [3.8, 4) is 0 Å². The zero-order valence-electron chi connectivity index (χ0n) is 7.84. The summed E-state index contributed by atoms with van der Waals surface area (Å²) in [6.45, 7) is 0. The molecule has 0 aromatic heterocycles. The number of hydrogen-bond acceptors (Lipinski definition) is 1. The summed E-state index contributed by atoms with van der Waals surface area (Å²) in [6, 6.07) is 9.54. The van der Waals surface area contributed by atoms with Crippen molar-refractivity contribution in [1.29, 1.82) is 0 Å². The predicted octanol–water partition coefficient (Wildman–Crippen LogP) is 2.36. The zero-order chi connectivity index (χ0) is 10.2. The van der Waals surface area contributed by atoms with E-state index in [1.54, 1.807) is 0 Å². The zero-order valence-corrected chi connectivity index (χ0v) is 7.84. The number of benzene rings is 1. The number of halogens is 2. The molecule has 1 aromatic rings. The Morgan fingerprint density at radius 3 is 2.21 bits per heavy atom. The van der Waals surface area contributed by atoms with E-state index in [4.69, 9.17) is 5.73 Å². The molecule has 1 saturated carbocycles. The Labute approximate surface area is 81.9 Å².